The topological polar surface area (TPSA) is 104 Å². The zero-order valence-electron chi connectivity index (χ0n) is 26.9. The minimum absolute atomic E-state index is 0.00548. The van der Waals surface area contributed by atoms with Crippen LogP contribution in [0.4, 0.5) is 0 Å². The summed E-state index contributed by atoms with van der Waals surface area (Å²) in [6, 6.07) is 9.84. The first-order valence-electron chi connectivity index (χ1n) is 14.6. The minimum atomic E-state index is -2.15. The minimum Gasteiger partial charge on any atom is -0.414 e. The zero-order valence-corrected chi connectivity index (χ0v) is 28.9. The molecule has 1 aromatic carbocycles. The van der Waals surface area contributed by atoms with Gasteiger partial charge in [-0.15, -0.1) is 0 Å². The Kier molecular flexibility index (Phi) is 11.0. The van der Waals surface area contributed by atoms with Crippen molar-refractivity contribution in [2.45, 2.75) is 109 Å². The van der Waals surface area contributed by atoms with E-state index >= 15 is 0 Å². The third kappa shape index (κ3) is 8.86. The quantitative estimate of drug-likeness (QED) is 0.162. The van der Waals surface area contributed by atoms with Crippen LogP contribution < -0.4 is 16.7 Å². The lowest BCUT2D eigenvalue weighted by Crippen LogP contribution is -2.48. The number of ether oxygens (including phenoxy) is 1. The number of benzene rings is 1. The summed E-state index contributed by atoms with van der Waals surface area (Å²) < 4.78 is 21.2. The van der Waals surface area contributed by atoms with Gasteiger partial charge >= 0.3 is 5.69 Å². The van der Waals surface area contributed by atoms with E-state index in [0.717, 1.165) is 5.56 Å². The van der Waals surface area contributed by atoms with Gasteiger partial charge in [0.25, 0.3) is 5.56 Å². The lowest BCUT2D eigenvalue weighted by molar-refractivity contribution is -0.0412. The summed E-state index contributed by atoms with van der Waals surface area (Å²) in [5.41, 5.74) is 3.00. The molecule has 1 aliphatic heterocycles. The third-order valence-electron chi connectivity index (χ3n) is 8.71. The van der Waals surface area contributed by atoms with Crippen LogP contribution in [0.15, 0.2) is 46.1 Å². The standard InChI is InChI=1S/C31H49N3O6Si2/c1-30(2,3)41(7,8)38-22-26-25(40-42(9,10)31(4,5)6)19-27(39-26)34-21-24(28(35)33-29(34)36)17-14-18-37-32-20-23-15-12-11-13-16-23/h11-13,15-16,21,25-27,32H,18-20,22H2,1-10H3,(H,33,35,36)/t25-,26-,27-/m1/s1. The molecule has 3 atom stereocenters. The molecule has 232 valence electrons. The van der Waals surface area contributed by atoms with E-state index in [-0.39, 0.29) is 34.5 Å². The van der Waals surface area contributed by atoms with Gasteiger partial charge in [0.2, 0.25) is 0 Å². The Morgan fingerprint density at radius 3 is 2.29 bits per heavy atom. The Balaban J connectivity index is 1.77. The summed E-state index contributed by atoms with van der Waals surface area (Å²) in [6.07, 6.45) is 0.704. The van der Waals surface area contributed by atoms with E-state index < -0.39 is 34.1 Å². The van der Waals surface area contributed by atoms with Crippen LogP contribution in [-0.2, 0) is 25.0 Å². The summed E-state index contributed by atoms with van der Waals surface area (Å²) in [6.45, 7) is 23.0. The van der Waals surface area contributed by atoms with Crippen molar-refractivity contribution in [3.8, 4) is 11.8 Å². The van der Waals surface area contributed by atoms with Crippen LogP contribution in [0.3, 0.4) is 0 Å². The lowest BCUT2D eigenvalue weighted by atomic mass is 10.2. The fraction of sp³-hybridized carbons (Fsp3) is 0.613. The first-order valence-corrected chi connectivity index (χ1v) is 20.4. The molecular weight excluding hydrogens is 567 g/mol. The smallest absolute Gasteiger partial charge is 0.330 e. The molecule has 1 aromatic heterocycles. The van der Waals surface area contributed by atoms with Gasteiger partial charge in [-0.1, -0.05) is 83.7 Å². The van der Waals surface area contributed by atoms with Gasteiger partial charge in [-0.3, -0.25) is 19.2 Å². The predicted molar refractivity (Wildman–Crippen MR) is 171 cm³/mol. The van der Waals surface area contributed by atoms with E-state index in [1.54, 1.807) is 0 Å². The largest absolute Gasteiger partial charge is 0.414 e. The highest BCUT2D eigenvalue weighted by atomic mass is 28.4. The molecule has 0 unspecified atom stereocenters. The molecule has 0 amide bonds. The molecule has 0 bridgehead atoms. The Bertz CT molecular complexity index is 1360. The molecule has 2 heterocycles. The maximum Gasteiger partial charge on any atom is 0.330 e. The highest BCUT2D eigenvalue weighted by molar-refractivity contribution is 6.74. The number of nitrogens with one attached hydrogen (secondary N) is 2. The van der Waals surface area contributed by atoms with E-state index in [2.05, 4.69) is 90.0 Å². The van der Waals surface area contributed by atoms with Crippen molar-refractivity contribution in [2.24, 2.45) is 0 Å². The van der Waals surface area contributed by atoms with E-state index in [1.165, 1.54) is 10.8 Å². The molecule has 1 fully saturated rings. The molecule has 1 aliphatic rings. The van der Waals surface area contributed by atoms with Gasteiger partial charge in [0.1, 0.15) is 24.5 Å². The average molecular weight is 616 g/mol. The van der Waals surface area contributed by atoms with Crippen LogP contribution >= 0.6 is 0 Å². The summed E-state index contributed by atoms with van der Waals surface area (Å²) >= 11 is 0. The number of aromatic amines is 1. The lowest BCUT2D eigenvalue weighted by Gasteiger charge is -2.40. The SMILES string of the molecule is CC(C)(C)[Si](C)(C)OC[C@H]1O[C@@H](n2cc(C#CCONCc3ccccc3)c(=O)[nH]c2=O)C[C@H]1O[Si](C)(C)C(C)(C)C. The number of aromatic nitrogens is 2. The van der Waals surface area contributed by atoms with Crippen LogP contribution in [0.1, 0.15) is 65.3 Å². The van der Waals surface area contributed by atoms with Crippen molar-refractivity contribution < 1.29 is 18.4 Å². The second-order valence-corrected chi connectivity index (χ2v) is 23.5. The number of H-pyrrole nitrogens is 1. The van der Waals surface area contributed by atoms with Crippen molar-refractivity contribution >= 4 is 16.6 Å². The maximum absolute atomic E-state index is 12.9. The molecule has 2 aromatic rings. The maximum atomic E-state index is 12.9. The molecule has 42 heavy (non-hydrogen) atoms. The summed E-state index contributed by atoms with van der Waals surface area (Å²) in [5, 5.41) is 0.0521. The number of hydroxylamine groups is 1. The highest BCUT2D eigenvalue weighted by Crippen LogP contribution is 2.42. The third-order valence-corrected chi connectivity index (χ3v) is 17.7. The fourth-order valence-electron chi connectivity index (χ4n) is 3.94. The molecule has 3 rings (SSSR count). The number of hydrogen-bond donors (Lipinski definition) is 2. The van der Waals surface area contributed by atoms with Crippen molar-refractivity contribution in [3.63, 3.8) is 0 Å². The molecule has 1 saturated heterocycles. The predicted octanol–water partition coefficient (Wildman–Crippen LogP) is 5.31. The second-order valence-electron chi connectivity index (χ2n) is 14.0. The number of hydrogen-bond acceptors (Lipinski definition) is 7. The Morgan fingerprint density at radius 2 is 1.67 bits per heavy atom. The van der Waals surface area contributed by atoms with Crippen LogP contribution in [0.2, 0.25) is 36.3 Å². The molecular formula is C31H49N3O6Si2. The zero-order chi connectivity index (χ0) is 31.3. The molecule has 9 nitrogen and oxygen atoms in total. The van der Waals surface area contributed by atoms with E-state index in [9.17, 15) is 9.59 Å². The van der Waals surface area contributed by atoms with Crippen LogP contribution in [0, 0.1) is 11.8 Å². The first kappa shape index (κ1) is 34.2. The van der Waals surface area contributed by atoms with Crippen molar-refractivity contribution in [2.75, 3.05) is 13.2 Å². The van der Waals surface area contributed by atoms with E-state index in [4.69, 9.17) is 18.4 Å². The highest BCUT2D eigenvalue weighted by Gasteiger charge is 2.46. The van der Waals surface area contributed by atoms with Gasteiger partial charge < -0.3 is 13.6 Å². The second kappa shape index (κ2) is 13.6. The van der Waals surface area contributed by atoms with Crippen LogP contribution in [0.25, 0.3) is 0 Å². The van der Waals surface area contributed by atoms with E-state index in [0.29, 0.717) is 19.6 Å². The van der Waals surface area contributed by atoms with Gasteiger partial charge in [0.15, 0.2) is 16.6 Å². The molecule has 0 radical (unpaired) electrons. The van der Waals surface area contributed by atoms with Crippen molar-refractivity contribution in [3.05, 3.63) is 68.5 Å². The van der Waals surface area contributed by atoms with Crippen LogP contribution in [0.5, 0.6) is 0 Å². The fourth-order valence-corrected chi connectivity index (χ4v) is 6.32. The van der Waals surface area contributed by atoms with Crippen LogP contribution in [-0.4, -0.2) is 51.6 Å². The molecule has 11 heteroatoms. The normalized spacial score (nSPS) is 19.9. The summed E-state index contributed by atoms with van der Waals surface area (Å²) in [4.78, 5) is 33.2. The van der Waals surface area contributed by atoms with Gasteiger partial charge in [0.05, 0.1) is 12.7 Å². The van der Waals surface area contributed by atoms with Gasteiger partial charge in [0, 0.05) is 19.2 Å². The Labute approximate surface area is 252 Å². The Morgan fingerprint density at radius 1 is 1.02 bits per heavy atom. The molecule has 0 aliphatic carbocycles. The monoisotopic (exact) mass is 615 g/mol. The summed E-state index contributed by atoms with van der Waals surface area (Å²) in [7, 11) is -4.20. The first-order chi connectivity index (χ1) is 19.4. The van der Waals surface area contributed by atoms with E-state index in [1.807, 2.05) is 30.3 Å². The van der Waals surface area contributed by atoms with Gasteiger partial charge in [-0.25, -0.2) is 4.79 Å². The van der Waals surface area contributed by atoms with Crippen molar-refractivity contribution in [1.82, 2.24) is 15.0 Å². The van der Waals surface area contributed by atoms with Gasteiger partial charge in [-0.05, 0) is 41.8 Å². The van der Waals surface area contributed by atoms with Crippen molar-refractivity contribution in [1.29, 1.82) is 0 Å². The average Bonchev–Trinajstić information content (AvgIpc) is 3.26. The molecule has 2 N–H and O–H groups in total. The molecule has 0 spiro atoms. The van der Waals surface area contributed by atoms with Gasteiger partial charge in [-0.2, -0.15) is 5.48 Å². The number of rotatable bonds is 10. The Hall–Kier alpha value is -2.31. The summed E-state index contributed by atoms with van der Waals surface area (Å²) in [5.74, 6) is 5.66. The molecule has 0 saturated carbocycles. The number of nitrogens with zero attached hydrogens (tertiary/aromatic N) is 1.